The van der Waals surface area contributed by atoms with Gasteiger partial charge in [0.1, 0.15) is 17.6 Å². The van der Waals surface area contributed by atoms with E-state index in [1.807, 2.05) is 48.5 Å². The Bertz CT molecular complexity index is 1120. The van der Waals surface area contributed by atoms with Gasteiger partial charge in [-0.3, -0.25) is 4.79 Å². The van der Waals surface area contributed by atoms with Crippen molar-refractivity contribution in [3.63, 3.8) is 0 Å². The molecule has 0 radical (unpaired) electrons. The van der Waals surface area contributed by atoms with Crippen molar-refractivity contribution in [2.75, 3.05) is 7.11 Å². The predicted octanol–water partition coefficient (Wildman–Crippen LogP) is 3.04. The summed E-state index contributed by atoms with van der Waals surface area (Å²) in [6.07, 6.45) is 0.152. The summed E-state index contributed by atoms with van der Waals surface area (Å²) in [7, 11) is -2.50. The number of halogens is 1. The van der Waals surface area contributed by atoms with E-state index in [-0.39, 0.29) is 17.9 Å². The number of nitrogens with one attached hydrogen (secondary N) is 2. The van der Waals surface area contributed by atoms with Crippen molar-refractivity contribution >= 4 is 15.9 Å². The number of para-hydroxylation sites is 1. The summed E-state index contributed by atoms with van der Waals surface area (Å²) in [5.41, 5.74) is 1.56. The maximum absolute atomic E-state index is 13.2. The smallest absolute Gasteiger partial charge is 0.241 e. The molecule has 0 saturated carbocycles. The summed E-state index contributed by atoms with van der Waals surface area (Å²) >= 11 is 0. The molecule has 162 valence electrons. The standard InChI is InChI=1S/C23H23FN2O4S/c1-30-22-10-6-5-9-18(22)16-25-23(27)21(15-17-7-3-2-4-8-17)26-31(28,29)20-13-11-19(24)12-14-20/h2-14,21,26H,15-16H2,1H3,(H,25,27)/t21-/m1/s1. The lowest BCUT2D eigenvalue weighted by atomic mass is 10.1. The molecule has 31 heavy (non-hydrogen) atoms. The van der Waals surface area contributed by atoms with E-state index in [4.69, 9.17) is 4.74 Å². The second-order valence-electron chi connectivity index (χ2n) is 6.85. The van der Waals surface area contributed by atoms with Crippen molar-refractivity contribution in [1.82, 2.24) is 10.0 Å². The molecule has 3 rings (SSSR count). The van der Waals surface area contributed by atoms with E-state index in [0.29, 0.717) is 5.75 Å². The van der Waals surface area contributed by atoms with E-state index in [1.54, 1.807) is 6.07 Å². The first-order valence-electron chi connectivity index (χ1n) is 9.60. The fraction of sp³-hybridized carbons (Fsp3) is 0.174. The van der Waals surface area contributed by atoms with Crippen LogP contribution in [0.15, 0.2) is 83.8 Å². The number of sulfonamides is 1. The lowest BCUT2D eigenvalue weighted by Crippen LogP contribution is -2.47. The largest absolute Gasteiger partial charge is 0.496 e. The minimum Gasteiger partial charge on any atom is -0.496 e. The summed E-state index contributed by atoms with van der Waals surface area (Å²) in [6, 6.07) is 19.7. The Kier molecular flexibility index (Phi) is 7.38. The zero-order chi connectivity index (χ0) is 22.3. The van der Waals surface area contributed by atoms with E-state index < -0.39 is 27.8 Å². The third-order valence-electron chi connectivity index (χ3n) is 4.67. The monoisotopic (exact) mass is 442 g/mol. The quantitative estimate of drug-likeness (QED) is 0.534. The van der Waals surface area contributed by atoms with Crippen molar-refractivity contribution in [2.45, 2.75) is 23.9 Å². The summed E-state index contributed by atoms with van der Waals surface area (Å²) in [4.78, 5) is 12.8. The van der Waals surface area contributed by atoms with Gasteiger partial charge in [0.15, 0.2) is 0 Å². The Balaban J connectivity index is 1.80. The zero-order valence-corrected chi connectivity index (χ0v) is 17.7. The molecule has 0 heterocycles. The van der Waals surface area contributed by atoms with Crippen LogP contribution < -0.4 is 14.8 Å². The van der Waals surface area contributed by atoms with Crippen LogP contribution in [0.25, 0.3) is 0 Å². The molecule has 0 spiro atoms. The van der Waals surface area contributed by atoms with Gasteiger partial charge in [-0.2, -0.15) is 4.72 Å². The third kappa shape index (κ3) is 6.13. The molecule has 0 aliphatic heterocycles. The summed E-state index contributed by atoms with van der Waals surface area (Å²) in [5.74, 6) is -0.413. The number of ether oxygens (including phenoxy) is 1. The van der Waals surface area contributed by atoms with Gasteiger partial charge in [-0.15, -0.1) is 0 Å². The molecule has 3 aromatic rings. The Morgan fingerprint density at radius 3 is 2.29 bits per heavy atom. The SMILES string of the molecule is COc1ccccc1CNC(=O)[C@@H](Cc1ccccc1)NS(=O)(=O)c1ccc(F)cc1. The second-order valence-corrected chi connectivity index (χ2v) is 8.56. The number of carbonyl (C=O) groups is 1. The van der Waals surface area contributed by atoms with Crippen LogP contribution in [0.3, 0.4) is 0 Å². The Hall–Kier alpha value is -3.23. The van der Waals surface area contributed by atoms with E-state index >= 15 is 0 Å². The fourth-order valence-electron chi connectivity index (χ4n) is 3.06. The van der Waals surface area contributed by atoms with Crippen LogP contribution >= 0.6 is 0 Å². The van der Waals surface area contributed by atoms with Crippen LogP contribution in [-0.2, 0) is 27.8 Å². The van der Waals surface area contributed by atoms with Gasteiger partial charge in [-0.1, -0.05) is 48.5 Å². The number of hydrogen-bond acceptors (Lipinski definition) is 4. The van der Waals surface area contributed by atoms with Crippen molar-refractivity contribution in [3.05, 3.63) is 95.8 Å². The topological polar surface area (TPSA) is 84.5 Å². The highest BCUT2D eigenvalue weighted by Crippen LogP contribution is 2.17. The first kappa shape index (κ1) is 22.5. The lowest BCUT2D eigenvalue weighted by Gasteiger charge is -2.19. The van der Waals surface area contributed by atoms with Gasteiger partial charge in [0.2, 0.25) is 15.9 Å². The predicted molar refractivity (Wildman–Crippen MR) is 115 cm³/mol. The van der Waals surface area contributed by atoms with Gasteiger partial charge in [0.05, 0.1) is 12.0 Å². The molecular weight excluding hydrogens is 419 g/mol. The van der Waals surface area contributed by atoms with Crippen LogP contribution in [0.1, 0.15) is 11.1 Å². The Morgan fingerprint density at radius 1 is 0.968 bits per heavy atom. The zero-order valence-electron chi connectivity index (χ0n) is 16.9. The molecule has 8 heteroatoms. The number of hydrogen-bond donors (Lipinski definition) is 2. The van der Waals surface area contributed by atoms with Crippen LogP contribution in [0, 0.1) is 5.82 Å². The van der Waals surface area contributed by atoms with Crippen molar-refractivity contribution < 1.29 is 22.3 Å². The molecule has 2 N–H and O–H groups in total. The molecule has 0 aromatic heterocycles. The fourth-order valence-corrected chi connectivity index (χ4v) is 4.26. The van der Waals surface area contributed by atoms with Crippen LogP contribution in [0.2, 0.25) is 0 Å². The first-order chi connectivity index (χ1) is 14.9. The molecule has 1 amide bonds. The lowest BCUT2D eigenvalue weighted by molar-refractivity contribution is -0.122. The Labute approximate surface area is 181 Å². The second kappa shape index (κ2) is 10.2. The number of benzene rings is 3. The van der Waals surface area contributed by atoms with Gasteiger partial charge in [0, 0.05) is 12.1 Å². The highest BCUT2D eigenvalue weighted by atomic mass is 32.2. The number of rotatable bonds is 9. The highest BCUT2D eigenvalue weighted by molar-refractivity contribution is 7.89. The molecule has 6 nitrogen and oxygen atoms in total. The number of carbonyl (C=O) groups excluding carboxylic acids is 1. The van der Waals surface area contributed by atoms with Gasteiger partial charge < -0.3 is 10.1 Å². The molecule has 1 atom stereocenters. The number of methoxy groups -OCH3 is 1. The minimum absolute atomic E-state index is 0.121. The average molecular weight is 443 g/mol. The van der Waals surface area contributed by atoms with Crippen LogP contribution in [-0.4, -0.2) is 27.5 Å². The molecule has 0 unspecified atom stereocenters. The minimum atomic E-state index is -4.04. The molecule has 0 saturated heterocycles. The first-order valence-corrected chi connectivity index (χ1v) is 11.1. The van der Waals surface area contributed by atoms with Crippen molar-refractivity contribution in [2.24, 2.45) is 0 Å². The van der Waals surface area contributed by atoms with E-state index in [0.717, 1.165) is 35.4 Å². The van der Waals surface area contributed by atoms with Gasteiger partial charge >= 0.3 is 0 Å². The maximum atomic E-state index is 13.2. The summed E-state index contributed by atoms with van der Waals surface area (Å²) in [6.45, 7) is 0.173. The van der Waals surface area contributed by atoms with E-state index in [2.05, 4.69) is 10.0 Å². The molecular formula is C23H23FN2O4S. The van der Waals surface area contributed by atoms with Crippen LogP contribution in [0.4, 0.5) is 4.39 Å². The maximum Gasteiger partial charge on any atom is 0.241 e. The van der Waals surface area contributed by atoms with E-state index in [1.165, 1.54) is 7.11 Å². The normalized spacial score (nSPS) is 12.2. The van der Waals surface area contributed by atoms with Crippen molar-refractivity contribution in [1.29, 1.82) is 0 Å². The molecule has 0 aliphatic rings. The summed E-state index contributed by atoms with van der Waals surface area (Å²) in [5, 5.41) is 2.77. The molecule has 0 bridgehead atoms. The van der Waals surface area contributed by atoms with Gasteiger partial charge in [0.25, 0.3) is 0 Å². The average Bonchev–Trinajstić information content (AvgIpc) is 2.78. The van der Waals surface area contributed by atoms with Crippen molar-refractivity contribution in [3.8, 4) is 5.75 Å². The Morgan fingerprint density at radius 2 is 1.61 bits per heavy atom. The molecule has 0 fully saturated rings. The third-order valence-corrected chi connectivity index (χ3v) is 6.15. The van der Waals surface area contributed by atoms with E-state index in [9.17, 15) is 17.6 Å². The highest BCUT2D eigenvalue weighted by Gasteiger charge is 2.26. The van der Waals surface area contributed by atoms with Crippen LogP contribution in [0.5, 0.6) is 5.75 Å². The number of amides is 1. The summed E-state index contributed by atoms with van der Waals surface area (Å²) < 4.78 is 46.5. The molecule has 0 aliphatic carbocycles. The van der Waals surface area contributed by atoms with Gasteiger partial charge in [-0.05, 0) is 42.3 Å². The molecule has 3 aromatic carbocycles. The van der Waals surface area contributed by atoms with Gasteiger partial charge in [-0.25, -0.2) is 12.8 Å².